The Kier molecular flexibility index (Phi) is 2.41. The van der Waals surface area contributed by atoms with Crippen molar-refractivity contribution in [2.75, 3.05) is 0 Å². The van der Waals surface area contributed by atoms with Crippen molar-refractivity contribution in [2.24, 2.45) is 0 Å². The number of hydrogen-bond acceptors (Lipinski definition) is 4. The second-order valence-electron chi connectivity index (χ2n) is 3.61. The fraction of sp³-hybridized carbons (Fsp3) is 0.273. The molecule has 1 unspecified atom stereocenters. The van der Waals surface area contributed by atoms with E-state index in [1.165, 1.54) is 18.5 Å². The zero-order chi connectivity index (χ0) is 11.7. The number of rotatable bonds is 2. The van der Waals surface area contributed by atoms with Gasteiger partial charge in [0.1, 0.15) is 0 Å². The molecule has 1 aromatic heterocycles. The Bertz CT molecular complexity index is 469. The van der Waals surface area contributed by atoms with Gasteiger partial charge in [-0.2, -0.15) is 5.26 Å². The summed E-state index contributed by atoms with van der Waals surface area (Å²) in [4.78, 5) is 28.7. The summed E-state index contributed by atoms with van der Waals surface area (Å²) in [5.74, 6) is -0.707. The maximum Gasteiger partial charge on any atom is 0.263 e. The smallest absolute Gasteiger partial charge is 0.263 e. The number of hydrogen-bond donors (Lipinski definition) is 0. The normalized spacial score (nSPS) is 15.9. The van der Waals surface area contributed by atoms with E-state index >= 15 is 0 Å². The lowest BCUT2D eigenvalue weighted by Crippen LogP contribution is -2.37. The van der Waals surface area contributed by atoms with Gasteiger partial charge in [-0.3, -0.25) is 19.5 Å². The molecule has 16 heavy (non-hydrogen) atoms. The highest BCUT2D eigenvalue weighted by atomic mass is 16.2. The van der Waals surface area contributed by atoms with Gasteiger partial charge in [-0.25, -0.2) is 0 Å². The third kappa shape index (κ3) is 1.36. The van der Waals surface area contributed by atoms with Gasteiger partial charge < -0.3 is 0 Å². The van der Waals surface area contributed by atoms with E-state index in [1.54, 1.807) is 6.92 Å². The topological polar surface area (TPSA) is 74.1 Å². The first-order chi connectivity index (χ1) is 7.66. The Balaban J connectivity index is 2.39. The molecule has 5 heteroatoms. The van der Waals surface area contributed by atoms with Crippen LogP contribution in [0.4, 0.5) is 0 Å². The molecular formula is C11H9N3O2. The van der Waals surface area contributed by atoms with Crippen LogP contribution < -0.4 is 0 Å². The molecule has 0 radical (unpaired) electrons. The molecule has 0 N–H and O–H groups in total. The number of aromatic nitrogens is 1. The molecule has 0 saturated carbocycles. The number of imide groups is 1. The minimum Gasteiger partial charge on any atom is -0.270 e. The molecule has 2 amide bonds. The van der Waals surface area contributed by atoms with E-state index in [4.69, 9.17) is 5.26 Å². The molecule has 0 saturated heterocycles. The van der Waals surface area contributed by atoms with Gasteiger partial charge in [-0.1, -0.05) is 0 Å². The zero-order valence-electron chi connectivity index (χ0n) is 8.67. The molecule has 0 spiro atoms. The van der Waals surface area contributed by atoms with Gasteiger partial charge >= 0.3 is 0 Å². The summed E-state index contributed by atoms with van der Waals surface area (Å²) in [7, 11) is 0. The monoisotopic (exact) mass is 215 g/mol. The lowest BCUT2D eigenvalue weighted by atomic mass is 10.2. The second kappa shape index (κ2) is 3.74. The highest BCUT2D eigenvalue weighted by molar-refractivity contribution is 6.21. The molecule has 0 aliphatic carbocycles. The van der Waals surface area contributed by atoms with Crippen LogP contribution in [-0.2, 0) is 0 Å². The SMILES string of the molecule is CC(CC#N)N1C(=O)c2ccncc2C1=O. The number of pyridine rings is 1. The molecule has 1 aliphatic rings. The van der Waals surface area contributed by atoms with Gasteiger partial charge in [-0.05, 0) is 13.0 Å². The van der Waals surface area contributed by atoms with Crippen molar-refractivity contribution >= 4 is 11.8 Å². The van der Waals surface area contributed by atoms with Gasteiger partial charge in [-0.15, -0.1) is 0 Å². The molecular weight excluding hydrogens is 206 g/mol. The van der Waals surface area contributed by atoms with Crippen LogP contribution in [0.1, 0.15) is 34.1 Å². The molecule has 80 valence electrons. The average molecular weight is 215 g/mol. The molecule has 0 fully saturated rings. The number of amides is 2. The van der Waals surface area contributed by atoms with Crippen molar-refractivity contribution in [1.82, 2.24) is 9.88 Å². The summed E-state index contributed by atoms with van der Waals surface area (Å²) in [5, 5.41) is 8.57. The molecule has 1 aliphatic heterocycles. The third-order valence-electron chi connectivity index (χ3n) is 2.55. The lowest BCUT2D eigenvalue weighted by molar-refractivity contribution is 0.0599. The number of fused-ring (bicyclic) bond motifs is 1. The summed E-state index contributed by atoms with van der Waals surface area (Å²) in [5.41, 5.74) is 0.682. The van der Waals surface area contributed by atoms with Crippen molar-refractivity contribution in [3.8, 4) is 6.07 Å². The fourth-order valence-electron chi connectivity index (χ4n) is 1.73. The van der Waals surface area contributed by atoms with Crippen LogP contribution in [0.3, 0.4) is 0 Å². The van der Waals surface area contributed by atoms with E-state index in [0.717, 1.165) is 4.90 Å². The minimum atomic E-state index is -0.405. The van der Waals surface area contributed by atoms with Gasteiger partial charge in [0.25, 0.3) is 11.8 Å². The molecule has 2 heterocycles. The fourth-order valence-corrected chi connectivity index (χ4v) is 1.73. The predicted molar refractivity (Wildman–Crippen MR) is 54.4 cm³/mol. The highest BCUT2D eigenvalue weighted by Gasteiger charge is 2.38. The minimum absolute atomic E-state index is 0.138. The van der Waals surface area contributed by atoms with E-state index in [9.17, 15) is 9.59 Å². The van der Waals surface area contributed by atoms with E-state index < -0.39 is 6.04 Å². The second-order valence-corrected chi connectivity index (χ2v) is 3.61. The van der Waals surface area contributed by atoms with Crippen LogP contribution in [0.2, 0.25) is 0 Å². The first kappa shape index (κ1) is 10.3. The molecule has 2 rings (SSSR count). The third-order valence-corrected chi connectivity index (χ3v) is 2.55. The van der Waals surface area contributed by atoms with Crippen molar-refractivity contribution in [3.05, 3.63) is 29.6 Å². The molecule has 0 aromatic carbocycles. The van der Waals surface area contributed by atoms with Crippen molar-refractivity contribution in [3.63, 3.8) is 0 Å². The van der Waals surface area contributed by atoms with Gasteiger partial charge in [0.05, 0.1) is 29.7 Å². The maximum absolute atomic E-state index is 11.9. The number of nitriles is 1. The Morgan fingerprint density at radius 1 is 1.44 bits per heavy atom. The van der Waals surface area contributed by atoms with E-state index in [-0.39, 0.29) is 18.2 Å². The summed E-state index contributed by atoms with van der Waals surface area (Å²) in [6, 6.07) is 3.07. The van der Waals surface area contributed by atoms with E-state index in [0.29, 0.717) is 11.1 Å². The van der Waals surface area contributed by atoms with Crippen molar-refractivity contribution < 1.29 is 9.59 Å². The summed E-state index contributed by atoms with van der Waals surface area (Å²) >= 11 is 0. The van der Waals surface area contributed by atoms with Crippen LogP contribution >= 0.6 is 0 Å². The van der Waals surface area contributed by atoms with E-state index in [2.05, 4.69) is 4.98 Å². The quantitative estimate of drug-likeness (QED) is 0.689. The van der Waals surface area contributed by atoms with Crippen molar-refractivity contribution in [1.29, 1.82) is 5.26 Å². The largest absolute Gasteiger partial charge is 0.270 e. The highest BCUT2D eigenvalue weighted by Crippen LogP contribution is 2.24. The van der Waals surface area contributed by atoms with E-state index in [1.807, 2.05) is 6.07 Å². The van der Waals surface area contributed by atoms with Gasteiger partial charge in [0.2, 0.25) is 0 Å². The summed E-state index contributed by atoms with van der Waals surface area (Å²) in [6.45, 7) is 1.68. The standard InChI is InChI=1S/C11H9N3O2/c1-7(2-4-12)14-10(15)8-3-5-13-6-9(8)11(14)16/h3,5-7H,2H2,1H3. The number of carbonyl (C=O) groups excluding carboxylic acids is 2. The average Bonchev–Trinajstić information content (AvgIpc) is 2.53. The lowest BCUT2D eigenvalue weighted by Gasteiger charge is -2.19. The van der Waals surface area contributed by atoms with Crippen LogP contribution in [-0.4, -0.2) is 27.7 Å². The van der Waals surface area contributed by atoms with Gasteiger partial charge in [0, 0.05) is 12.4 Å². The predicted octanol–water partition coefficient (Wildman–Crippen LogP) is 0.980. The Labute approximate surface area is 92.3 Å². The number of carbonyl (C=O) groups is 2. The first-order valence-corrected chi connectivity index (χ1v) is 4.85. The molecule has 1 aromatic rings. The zero-order valence-corrected chi connectivity index (χ0v) is 8.67. The summed E-state index contributed by atoms with van der Waals surface area (Å²) in [6.07, 6.45) is 3.00. The number of nitrogens with zero attached hydrogens (tertiary/aromatic N) is 3. The molecule has 1 atom stereocenters. The summed E-state index contributed by atoms with van der Waals surface area (Å²) < 4.78 is 0. The van der Waals surface area contributed by atoms with Crippen LogP contribution in [0.5, 0.6) is 0 Å². The Morgan fingerprint density at radius 2 is 2.12 bits per heavy atom. The first-order valence-electron chi connectivity index (χ1n) is 4.85. The van der Waals surface area contributed by atoms with Crippen LogP contribution in [0, 0.1) is 11.3 Å². The van der Waals surface area contributed by atoms with Crippen LogP contribution in [0.15, 0.2) is 18.5 Å². The Hall–Kier alpha value is -2.22. The van der Waals surface area contributed by atoms with Gasteiger partial charge in [0.15, 0.2) is 0 Å². The Morgan fingerprint density at radius 3 is 2.75 bits per heavy atom. The molecule has 5 nitrogen and oxygen atoms in total. The van der Waals surface area contributed by atoms with Crippen molar-refractivity contribution in [2.45, 2.75) is 19.4 Å². The van der Waals surface area contributed by atoms with Crippen LogP contribution in [0.25, 0.3) is 0 Å². The maximum atomic E-state index is 11.9. The molecule has 0 bridgehead atoms.